The summed E-state index contributed by atoms with van der Waals surface area (Å²) in [5.74, 6) is 0.950. The van der Waals surface area contributed by atoms with E-state index in [1.807, 2.05) is 4.52 Å². The van der Waals surface area contributed by atoms with Gasteiger partial charge in [-0.25, -0.2) is 9.97 Å². The van der Waals surface area contributed by atoms with Crippen molar-refractivity contribution in [2.45, 2.75) is 33.1 Å². The Hall–Kier alpha value is -1.69. The summed E-state index contributed by atoms with van der Waals surface area (Å²) in [5.41, 5.74) is 2.22. The summed E-state index contributed by atoms with van der Waals surface area (Å²) >= 11 is 1.76. The van der Waals surface area contributed by atoms with E-state index in [1.165, 1.54) is 29.7 Å². The van der Waals surface area contributed by atoms with Crippen molar-refractivity contribution in [3.05, 3.63) is 16.8 Å². The lowest BCUT2D eigenvalue weighted by molar-refractivity contribution is 0.563. The van der Waals surface area contributed by atoms with Crippen LogP contribution in [0, 0.1) is 13.8 Å². The zero-order chi connectivity index (χ0) is 13.7. The van der Waals surface area contributed by atoms with Crippen molar-refractivity contribution in [3.8, 4) is 0 Å². The highest BCUT2D eigenvalue weighted by atomic mass is 32.1. The molecule has 0 spiro atoms. The molecular weight excluding hydrogens is 270 g/mol. The summed E-state index contributed by atoms with van der Waals surface area (Å²) in [5, 5.41) is 5.56. The molecule has 0 radical (unpaired) electrons. The van der Waals surface area contributed by atoms with Crippen molar-refractivity contribution in [3.63, 3.8) is 0 Å². The van der Waals surface area contributed by atoms with Gasteiger partial charge in [0, 0.05) is 18.0 Å². The van der Waals surface area contributed by atoms with Crippen LogP contribution in [0.25, 0.3) is 15.9 Å². The monoisotopic (exact) mass is 287 g/mol. The van der Waals surface area contributed by atoms with E-state index in [9.17, 15) is 0 Å². The number of anilines is 1. The fourth-order valence-electron chi connectivity index (χ4n) is 2.95. The van der Waals surface area contributed by atoms with Crippen LogP contribution in [-0.2, 0) is 0 Å². The van der Waals surface area contributed by atoms with Gasteiger partial charge in [0.25, 0.3) is 0 Å². The summed E-state index contributed by atoms with van der Waals surface area (Å²) in [6.07, 6.45) is 5.42. The van der Waals surface area contributed by atoms with Gasteiger partial charge in [0.15, 0.2) is 5.65 Å². The number of hydrogen-bond donors (Lipinski definition) is 0. The minimum absolute atomic E-state index is 0.942. The summed E-state index contributed by atoms with van der Waals surface area (Å²) in [6, 6.07) is 0. The Labute approximate surface area is 121 Å². The molecular formula is C14H17N5S. The predicted molar refractivity (Wildman–Crippen MR) is 81.7 cm³/mol. The molecule has 0 bridgehead atoms. The second-order valence-electron chi connectivity index (χ2n) is 5.42. The number of thiophene rings is 1. The topological polar surface area (TPSA) is 46.3 Å². The van der Waals surface area contributed by atoms with E-state index in [0.717, 1.165) is 34.9 Å². The Morgan fingerprint density at radius 1 is 1.15 bits per heavy atom. The van der Waals surface area contributed by atoms with Crippen LogP contribution in [0.1, 0.15) is 29.7 Å². The van der Waals surface area contributed by atoms with Crippen LogP contribution in [0.15, 0.2) is 6.33 Å². The molecule has 5 nitrogen and oxygen atoms in total. The molecule has 4 heterocycles. The molecule has 4 rings (SSSR count). The fraction of sp³-hybridized carbons (Fsp3) is 0.500. The van der Waals surface area contributed by atoms with Crippen molar-refractivity contribution in [2.75, 3.05) is 18.0 Å². The first-order chi connectivity index (χ1) is 9.75. The molecule has 0 N–H and O–H groups in total. The molecule has 1 saturated heterocycles. The Balaban J connectivity index is 2.01. The molecule has 1 aliphatic rings. The van der Waals surface area contributed by atoms with Crippen LogP contribution >= 0.6 is 11.3 Å². The van der Waals surface area contributed by atoms with Gasteiger partial charge in [-0.15, -0.1) is 11.3 Å². The average molecular weight is 287 g/mol. The second-order valence-corrected chi connectivity index (χ2v) is 6.62. The maximum Gasteiger partial charge on any atom is 0.229 e. The lowest BCUT2D eigenvalue weighted by atomic mass is 10.1. The van der Waals surface area contributed by atoms with Gasteiger partial charge in [-0.2, -0.15) is 9.61 Å². The number of aromatic nitrogens is 4. The highest BCUT2D eigenvalue weighted by Gasteiger charge is 2.20. The quantitative estimate of drug-likeness (QED) is 0.690. The number of rotatable bonds is 1. The van der Waals surface area contributed by atoms with Gasteiger partial charge in [-0.3, -0.25) is 0 Å². The average Bonchev–Trinajstić information content (AvgIpc) is 3.05. The molecule has 0 amide bonds. The van der Waals surface area contributed by atoms with Crippen molar-refractivity contribution < 1.29 is 0 Å². The van der Waals surface area contributed by atoms with E-state index in [0.29, 0.717) is 0 Å². The standard InChI is InChI=1S/C14H17N5S/c1-9-10(2)20-13-11(9)12-15-8-16-19(12)14(17-13)18-6-4-3-5-7-18/h8H,3-7H2,1-2H3. The molecule has 104 valence electrons. The first-order valence-corrected chi connectivity index (χ1v) is 7.92. The summed E-state index contributed by atoms with van der Waals surface area (Å²) in [6.45, 7) is 6.42. The minimum Gasteiger partial charge on any atom is -0.341 e. The van der Waals surface area contributed by atoms with Crippen LogP contribution in [0.3, 0.4) is 0 Å². The zero-order valence-corrected chi connectivity index (χ0v) is 12.6. The first kappa shape index (κ1) is 12.1. The van der Waals surface area contributed by atoms with Crippen molar-refractivity contribution >= 4 is 33.1 Å². The van der Waals surface area contributed by atoms with Gasteiger partial charge in [-0.05, 0) is 38.7 Å². The predicted octanol–water partition coefficient (Wildman–Crippen LogP) is 2.95. The Kier molecular flexibility index (Phi) is 2.66. The molecule has 3 aromatic rings. The van der Waals surface area contributed by atoms with E-state index in [4.69, 9.17) is 4.98 Å². The number of nitrogens with zero attached hydrogens (tertiary/aromatic N) is 5. The molecule has 0 unspecified atom stereocenters. The third-order valence-electron chi connectivity index (χ3n) is 4.17. The zero-order valence-electron chi connectivity index (χ0n) is 11.8. The Morgan fingerprint density at radius 2 is 1.95 bits per heavy atom. The van der Waals surface area contributed by atoms with Gasteiger partial charge in [0.05, 0.1) is 5.39 Å². The van der Waals surface area contributed by atoms with Gasteiger partial charge in [-0.1, -0.05) is 0 Å². The van der Waals surface area contributed by atoms with E-state index in [1.54, 1.807) is 17.7 Å². The number of piperidine rings is 1. The summed E-state index contributed by atoms with van der Waals surface area (Å²) in [7, 11) is 0. The molecule has 1 aliphatic heterocycles. The Morgan fingerprint density at radius 3 is 2.75 bits per heavy atom. The third-order valence-corrected chi connectivity index (χ3v) is 5.27. The lowest BCUT2D eigenvalue weighted by Crippen LogP contribution is -2.32. The fourth-order valence-corrected chi connectivity index (χ4v) is 3.97. The second kappa shape index (κ2) is 4.41. The largest absolute Gasteiger partial charge is 0.341 e. The highest BCUT2D eigenvalue weighted by Crippen LogP contribution is 2.33. The van der Waals surface area contributed by atoms with Crippen molar-refractivity contribution in [1.29, 1.82) is 0 Å². The van der Waals surface area contributed by atoms with E-state index in [-0.39, 0.29) is 0 Å². The van der Waals surface area contributed by atoms with Gasteiger partial charge in [0.1, 0.15) is 11.2 Å². The first-order valence-electron chi connectivity index (χ1n) is 7.10. The van der Waals surface area contributed by atoms with E-state index < -0.39 is 0 Å². The summed E-state index contributed by atoms with van der Waals surface area (Å²) < 4.78 is 1.91. The highest BCUT2D eigenvalue weighted by molar-refractivity contribution is 7.18. The molecule has 0 aromatic carbocycles. The number of hydrogen-bond acceptors (Lipinski definition) is 5. The summed E-state index contributed by atoms with van der Waals surface area (Å²) in [4.78, 5) is 14.1. The van der Waals surface area contributed by atoms with E-state index in [2.05, 4.69) is 28.8 Å². The molecule has 3 aromatic heterocycles. The van der Waals surface area contributed by atoms with Gasteiger partial charge in [0.2, 0.25) is 5.95 Å². The SMILES string of the molecule is Cc1sc2nc(N3CCCCC3)n3ncnc3c2c1C. The number of fused-ring (bicyclic) bond motifs is 3. The molecule has 6 heteroatoms. The van der Waals surface area contributed by atoms with Gasteiger partial charge < -0.3 is 4.90 Å². The molecule has 1 fully saturated rings. The van der Waals surface area contributed by atoms with Crippen LogP contribution < -0.4 is 4.90 Å². The lowest BCUT2D eigenvalue weighted by Gasteiger charge is -2.27. The molecule has 20 heavy (non-hydrogen) atoms. The van der Waals surface area contributed by atoms with Crippen LogP contribution in [0.5, 0.6) is 0 Å². The maximum absolute atomic E-state index is 4.89. The normalized spacial score (nSPS) is 16.4. The third kappa shape index (κ3) is 1.64. The maximum atomic E-state index is 4.89. The van der Waals surface area contributed by atoms with Crippen molar-refractivity contribution in [1.82, 2.24) is 19.6 Å². The molecule has 0 saturated carbocycles. The van der Waals surface area contributed by atoms with Crippen molar-refractivity contribution in [2.24, 2.45) is 0 Å². The minimum atomic E-state index is 0.942. The molecule has 0 aliphatic carbocycles. The van der Waals surface area contributed by atoms with Crippen LogP contribution in [0.4, 0.5) is 5.95 Å². The molecule has 0 atom stereocenters. The van der Waals surface area contributed by atoms with Crippen LogP contribution in [-0.4, -0.2) is 32.7 Å². The smallest absolute Gasteiger partial charge is 0.229 e. The van der Waals surface area contributed by atoms with Crippen LogP contribution in [0.2, 0.25) is 0 Å². The number of aryl methyl sites for hydroxylation is 2. The van der Waals surface area contributed by atoms with E-state index >= 15 is 0 Å². The Bertz CT molecular complexity index is 782. The van der Waals surface area contributed by atoms with Gasteiger partial charge >= 0.3 is 0 Å².